The van der Waals surface area contributed by atoms with Gasteiger partial charge in [0.1, 0.15) is 0 Å². The van der Waals surface area contributed by atoms with Crippen molar-refractivity contribution in [3.8, 4) is 11.4 Å². The molecule has 0 unspecified atom stereocenters. The Morgan fingerprint density at radius 1 is 1.19 bits per heavy atom. The number of nitrogens with zero attached hydrogens (tertiary/aromatic N) is 4. The zero-order valence-electron chi connectivity index (χ0n) is 14.3. The highest BCUT2D eigenvalue weighted by molar-refractivity contribution is 7.86. The van der Waals surface area contributed by atoms with Crippen molar-refractivity contribution in [1.29, 1.82) is 0 Å². The SMILES string of the molecule is CN(Cc1ccc(-c2noc(C(F)(F)F)n2)cc1)S(=O)(=O)N1CCOCC1. The Morgan fingerprint density at radius 3 is 2.37 bits per heavy atom. The fraction of sp³-hybridized carbons (Fsp3) is 0.467. The molecule has 2 aromatic rings. The van der Waals surface area contributed by atoms with Gasteiger partial charge in [-0.25, -0.2) is 0 Å². The maximum absolute atomic E-state index is 12.5. The van der Waals surface area contributed by atoms with Gasteiger partial charge in [-0.1, -0.05) is 29.4 Å². The van der Waals surface area contributed by atoms with Crippen molar-refractivity contribution in [3.63, 3.8) is 0 Å². The molecule has 12 heteroatoms. The van der Waals surface area contributed by atoms with Crippen molar-refractivity contribution in [2.45, 2.75) is 12.7 Å². The van der Waals surface area contributed by atoms with Gasteiger partial charge in [-0.3, -0.25) is 0 Å². The summed E-state index contributed by atoms with van der Waals surface area (Å²) in [6.45, 7) is 1.41. The van der Waals surface area contributed by atoms with E-state index in [1.54, 1.807) is 12.1 Å². The molecular formula is C15H17F3N4O4S. The Kier molecular flexibility index (Phi) is 5.51. The summed E-state index contributed by atoms with van der Waals surface area (Å²) in [5, 5.41) is 3.31. The molecular weight excluding hydrogens is 389 g/mol. The lowest BCUT2D eigenvalue weighted by atomic mass is 10.1. The molecule has 0 N–H and O–H groups in total. The van der Waals surface area contributed by atoms with E-state index in [2.05, 4.69) is 14.7 Å². The summed E-state index contributed by atoms with van der Waals surface area (Å²) < 4.78 is 74.5. The summed E-state index contributed by atoms with van der Waals surface area (Å²) in [5.74, 6) is -1.61. The first kappa shape index (κ1) is 19.7. The monoisotopic (exact) mass is 406 g/mol. The molecule has 27 heavy (non-hydrogen) atoms. The summed E-state index contributed by atoms with van der Waals surface area (Å²) in [6.07, 6.45) is -4.71. The number of rotatable bonds is 5. The third-order valence-corrected chi connectivity index (χ3v) is 5.91. The number of hydrogen-bond donors (Lipinski definition) is 0. The minimum atomic E-state index is -4.71. The molecule has 0 saturated carbocycles. The molecule has 2 heterocycles. The predicted molar refractivity (Wildman–Crippen MR) is 87.5 cm³/mol. The van der Waals surface area contributed by atoms with Gasteiger partial charge >= 0.3 is 12.1 Å². The lowest BCUT2D eigenvalue weighted by molar-refractivity contribution is -0.159. The van der Waals surface area contributed by atoms with Gasteiger partial charge in [0.15, 0.2) is 0 Å². The smallest absolute Gasteiger partial charge is 0.379 e. The Morgan fingerprint density at radius 2 is 1.81 bits per heavy atom. The van der Waals surface area contributed by atoms with E-state index in [1.165, 1.54) is 27.8 Å². The summed E-state index contributed by atoms with van der Waals surface area (Å²) in [6, 6.07) is 6.22. The number of aromatic nitrogens is 2. The first-order chi connectivity index (χ1) is 12.7. The Balaban J connectivity index is 1.69. The van der Waals surface area contributed by atoms with Crippen molar-refractivity contribution < 1.29 is 30.8 Å². The molecule has 1 saturated heterocycles. The fourth-order valence-electron chi connectivity index (χ4n) is 2.53. The fourth-order valence-corrected chi connectivity index (χ4v) is 3.85. The second-order valence-corrected chi connectivity index (χ2v) is 7.93. The number of alkyl halides is 3. The average molecular weight is 406 g/mol. The lowest BCUT2D eigenvalue weighted by Crippen LogP contribution is -2.47. The third-order valence-electron chi connectivity index (χ3n) is 3.98. The van der Waals surface area contributed by atoms with Gasteiger partial charge in [-0.2, -0.15) is 35.2 Å². The first-order valence-corrected chi connectivity index (χ1v) is 9.37. The van der Waals surface area contributed by atoms with E-state index in [1.807, 2.05) is 0 Å². The van der Waals surface area contributed by atoms with Crippen LogP contribution in [0, 0.1) is 0 Å². The first-order valence-electron chi connectivity index (χ1n) is 7.97. The quantitative estimate of drug-likeness (QED) is 0.752. The van der Waals surface area contributed by atoms with Gasteiger partial charge in [0.05, 0.1) is 13.2 Å². The number of hydrogen-bond acceptors (Lipinski definition) is 6. The summed E-state index contributed by atoms with van der Waals surface area (Å²) in [4.78, 5) is 3.32. The third kappa shape index (κ3) is 4.46. The molecule has 0 radical (unpaired) electrons. The van der Waals surface area contributed by atoms with E-state index in [0.717, 1.165) is 0 Å². The van der Waals surface area contributed by atoms with E-state index >= 15 is 0 Å². The molecule has 0 spiro atoms. The van der Waals surface area contributed by atoms with Crippen LogP contribution in [-0.2, 0) is 27.7 Å². The highest BCUT2D eigenvalue weighted by Gasteiger charge is 2.38. The molecule has 1 aromatic heterocycles. The van der Waals surface area contributed by atoms with Crippen LogP contribution in [0.1, 0.15) is 11.5 Å². The number of morpholine rings is 1. The van der Waals surface area contributed by atoms with Gasteiger partial charge in [0, 0.05) is 32.2 Å². The Labute approximate surface area is 153 Å². The van der Waals surface area contributed by atoms with Crippen molar-refractivity contribution in [1.82, 2.24) is 18.8 Å². The van der Waals surface area contributed by atoms with Crippen molar-refractivity contribution in [2.24, 2.45) is 0 Å². The molecule has 148 valence electrons. The number of ether oxygens (including phenoxy) is 1. The summed E-state index contributed by atoms with van der Waals surface area (Å²) in [7, 11) is -2.15. The standard InChI is InChI=1S/C15H17F3N4O4S/c1-21(27(23,24)22-6-8-25-9-7-22)10-11-2-4-12(5-3-11)13-19-14(26-20-13)15(16,17)18/h2-5H,6-10H2,1H3. The van der Waals surface area contributed by atoms with Gasteiger partial charge in [0.25, 0.3) is 10.2 Å². The van der Waals surface area contributed by atoms with E-state index in [-0.39, 0.29) is 12.4 Å². The van der Waals surface area contributed by atoms with Gasteiger partial charge in [0.2, 0.25) is 5.82 Å². The van der Waals surface area contributed by atoms with Crippen LogP contribution in [-0.4, -0.2) is 60.5 Å². The highest BCUT2D eigenvalue weighted by Crippen LogP contribution is 2.29. The van der Waals surface area contributed by atoms with E-state index in [4.69, 9.17) is 4.74 Å². The zero-order valence-corrected chi connectivity index (χ0v) is 15.1. The summed E-state index contributed by atoms with van der Waals surface area (Å²) >= 11 is 0. The number of benzene rings is 1. The van der Waals surface area contributed by atoms with Crippen LogP contribution in [0.15, 0.2) is 28.8 Å². The van der Waals surface area contributed by atoms with Crippen molar-refractivity contribution in [2.75, 3.05) is 33.4 Å². The molecule has 1 fully saturated rings. The maximum Gasteiger partial charge on any atom is 0.471 e. The van der Waals surface area contributed by atoms with Gasteiger partial charge in [-0.05, 0) is 5.56 Å². The summed E-state index contributed by atoms with van der Waals surface area (Å²) in [5.41, 5.74) is 0.995. The van der Waals surface area contributed by atoms with Crippen LogP contribution in [0.3, 0.4) is 0 Å². The number of halogens is 3. The minimum absolute atomic E-state index is 0.111. The zero-order chi connectivity index (χ0) is 19.7. The Hall–Kier alpha value is -2.02. The lowest BCUT2D eigenvalue weighted by Gasteiger charge is -2.30. The van der Waals surface area contributed by atoms with E-state index in [9.17, 15) is 21.6 Å². The molecule has 1 aliphatic heterocycles. The van der Waals surface area contributed by atoms with Crippen LogP contribution in [0.5, 0.6) is 0 Å². The topological polar surface area (TPSA) is 88.8 Å². The molecule has 3 rings (SSSR count). The largest absolute Gasteiger partial charge is 0.471 e. The molecule has 0 atom stereocenters. The molecule has 0 aliphatic carbocycles. The molecule has 1 aromatic carbocycles. The molecule has 0 bridgehead atoms. The van der Waals surface area contributed by atoms with Crippen molar-refractivity contribution >= 4 is 10.2 Å². The van der Waals surface area contributed by atoms with Crippen molar-refractivity contribution in [3.05, 3.63) is 35.7 Å². The minimum Gasteiger partial charge on any atom is -0.379 e. The molecule has 1 aliphatic rings. The van der Waals surface area contributed by atoms with Crippen LogP contribution >= 0.6 is 0 Å². The normalized spacial score (nSPS) is 16.8. The Bertz CT molecular complexity index is 877. The van der Waals surface area contributed by atoms with E-state index < -0.39 is 22.3 Å². The molecule has 0 amide bonds. The molecule has 8 nitrogen and oxygen atoms in total. The van der Waals surface area contributed by atoms with Crippen LogP contribution in [0.4, 0.5) is 13.2 Å². The maximum atomic E-state index is 12.5. The average Bonchev–Trinajstić information content (AvgIpc) is 3.13. The van der Waals surface area contributed by atoms with Crippen LogP contribution < -0.4 is 0 Å². The predicted octanol–water partition coefficient (Wildman–Crippen LogP) is 1.76. The second kappa shape index (κ2) is 7.54. The van der Waals surface area contributed by atoms with E-state index in [0.29, 0.717) is 37.4 Å². The van der Waals surface area contributed by atoms with Gasteiger partial charge < -0.3 is 9.26 Å². The highest BCUT2D eigenvalue weighted by atomic mass is 32.2. The van der Waals surface area contributed by atoms with Crippen LogP contribution in [0.2, 0.25) is 0 Å². The second-order valence-electron chi connectivity index (χ2n) is 5.89. The van der Waals surface area contributed by atoms with Crippen LogP contribution in [0.25, 0.3) is 11.4 Å². The van der Waals surface area contributed by atoms with Gasteiger partial charge in [-0.15, -0.1) is 0 Å².